The van der Waals surface area contributed by atoms with Gasteiger partial charge in [0.2, 0.25) is 0 Å². The van der Waals surface area contributed by atoms with Crippen molar-refractivity contribution in [1.29, 1.82) is 0 Å². The average molecular weight is 456 g/mol. The van der Waals surface area contributed by atoms with Crippen molar-refractivity contribution in [3.05, 3.63) is 101 Å². The molecule has 3 aromatic carbocycles. The van der Waals surface area contributed by atoms with E-state index in [1.165, 1.54) is 11.1 Å². The van der Waals surface area contributed by atoms with Gasteiger partial charge in [-0.2, -0.15) is 5.10 Å². The van der Waals surface area contributed by atoms with Crippen LogP contribution in [0.5, 0.6) is 0 Å². The maximum absolute atomic E-state index is 12.4. The molecule has 34 heavy (non-hydrogen) atoms. The molecule has 0 bridgehead atoms. The summed E-state index contributed by atoms with van der Waals surface area (Å²) in [5.74, 6) is -0.206. The molecule has 0 atom stereocenters. The molecule has 1 fully saturated rings. The van der Waals surface area contributed by atoms with Crippen molar-refractivity contribution in [3.8, 4) is 0 Å². The Morgan fingerprint density at radius 3 is 1.94 bits per heavy atom. The summed E-state index contributed by atoms with van der Waals surface area (Å²) in [4.78, 5) is 19.4. The molecule has 0 radical (unpaired) electrons. The van der Waals surface area contributed by atoms with E-state index in [0.29, 0.717) is 5.56 Å². The molecule has 176 valence electrons. The maximum Gasteiger partial charge on any atom is 0.271 e. The molecule has 4 rings (SSSR count). The zero-order chi connectivity index (χ0) is 23.8. The number of nitrogens with one attached hydrogen (secondary N) is 1. The molecule has 1 aliphatic rings. The van der Waals surface area contributed by atoms with Crippen LogP contribution in [0.1, 0.15) is 27.0 Å². The molecule has 0 aromatic heterocycles. The quantitative estimate of drug-likeness (QED) is 0.414. The van der Waals surface area contributed by atoms with E-state index in [1.807, 2.05) is 67.5 Å². The highest BCUT2D eigenvalue weighted by atomic mass is 16.2. The van der Waals surface area contributed by atoms with E-state index < -0.39 is 0 Å². The molecule has 6 nitrogen and oxygen atoms in total. The molecule has 6 heteroatoms. The Hall–Kier alpha value is -3.48. The number of hydrogen-bond acceptors (Lipinski definition) is 5. The third-order valence-electron chi connectivity index (χ3n) is 6.13. The monoisotopic (exact) mass is 455 g/mol. The summed E-state index contributed by atoms with van der Waals surface area (Å²) in [5, 5.41) is 4.09. The minimum atomic E-state index is -0.206. The molecule has 0 spiro atoms. The van der Waals surface area contributed by atoms with E-state index in [-0.39, 0.29) is 5.91 Å². The smallest absolute Gasteiger partial charge is 0.271 e. The van der Waals surface area contributed by atoms with Crippen LogP contribution in [-0.4, -0.2) is 62.2 Å². The number of hydrogen-bond donors (Lipinski definition) is 1. The second-order valence-electron chi connectivity index (χ2n) is 8.92. The highest BCUT2D eigenvalue weighted by Crippen LogP contribution is 2.13. The van der Waals surface area contributed by atoms with Crippen molar-refractivity contribution in [2.75, 3.05) is 45.2 Å². The number of amides is 1. The maximum atomic E-state index is 12.4. The molecule has 0 aliphatic carbocycles. The minimum Gasteiger partial charge on any atom is -0.378 e. The number of anilines is 1. The molecular weight excluding hydrogens is 422 g/mol. The number of benzene rings is 3. The van der Waals surface area contributed by atoms with Crippen LogP contribution < -0.4 is 10.3 Å². The molecule has 1 N–H and O–H groups in total. The van der Waals surface area contributed by atoms with Crippen molar-refractivity contribution in [1.82, 2.24) is 15.2 Å². The van der Waals surface area contributed by atoms with Crippen LogP contribution in [0, 0.1) is 0 Å². The van der Waals surface area contributed by atoms with Gasteiger partial charge < -0.3 is 4.90 Å². The van der Waals surface area contributed by atoms with E-state index in [9.17, 15) is 4.79 Å². The third-order valence-corrected chi connectivity index (χ3v) is 6.13. The summed E-state index contributed by atoms with van der Waals surface area (Å²) in [6.07, 6.45) is 1.66. The molecular formula is C28H33N5O. The van der Waals surface area contributed by atoms with Gasteiger partial charge in [0.1, 0.15) is 0 Å². The third kappa shape index (κ3) is 6.76. The van der Waals surface area contributed by atoms with Crippen LogP contribution in [-0.2, 0) is 13.1 Å². The molecule has 1 saturated heterocycles. The van der Waals surface area contributed by atoms with Crippen molar-refractivity contribution in [3.63, 3.8) is 0 Å². The van der Waals surface area contributed by atoms with Gasteiger partial charge >= 0.3 is 0 Å². The van der Waals surface area contributed by atoms with Crippen LogP contribution in [0.15, 0.2) is 84.0 Å². The van der Waals surface area contributed by atoms with E-state index in [1.54, 1.807) is 6.21 Å². The number of hydrazone groups is 1. The number of piperazine rings is 1. The molecule has 1 heterocycles. The van der Waals surface area contributed by atoms with Crippen molar-refractivity contribution in [2.24, 2.45) is 5.10 Å². The van der Waals surface area contributed by atoms with E-state index >= 15 is 0 Å². The normalized spacial score (nSPS) is 14.9. The lowest BCUT2D eigenvalue weighted by molar-refractivity contribution is 0.0955. The highest BCUT2D eigenvalue weighted by molar-refractivity contribution is 5.94. The second-order valence-corrected chi connectivity index (χ2v) is 8.92. The first-order valence-corrected chi connectivity index (χ1v) is 11.8. The Morgan fingerprint density at radius 1 is 0.824 bits per heavy atom. The lowest BCUT2D eigenvalue weighted by Gasteiger charge is -2.34. The van der Waals surface area contributed by atoms with Crippen molar-refractivity contribution >= 4 is 17.8 Å². The Labute approximate surface area is 202 Å². The second kappa shape index (κ2) is 11.6. The zero-order valence-electron chi connectivity index (χ0n) is 20.0. The fourth-order valence-corrected chi connectivity index (χ4v) is 4.06. The van der Waals surface area contributed by atoms with Gasteiger partial charge in [-0.15, -0.1) is 0 Å². The van der Waals surface area contributed by atoms with Crippen molar-refractivity contribution < 1.29 is 4.79 Å². The number of rotatable bonds is 8. The van der Waals surface area contributed by atoms with Gasteiger partial charge in [0.05, 0.1) is 6.21 Å². The SMILES string of the molecule is CN(C)c1ccc(C=NNC(=O)c2ccc(CN3CCN(Cc4ccccc4)CC3)cc2)cc1. The predicted octanol–water partition coefficient (Wildman–Crippen LogP) is 3.83. The molecule has 3 aromatic rings. The summed E-state index contributed by atoms with van der Waals surface area (Å²) >= 11 is 0. The summed E-state index contributed by atoms with van der Waals surface area (Å²) in [7, 11) is 4.00. The molecule has 0 saturated carbocycles. The van der Waals surface area contributed by atoms with Gasteiger partial charge in [-0.05, 0) is 41.0 Å². The summed E-state index contributed by atoms with van der Waals surface area (Å²) in [6.45, 7) is 6.18. The van der Waals surface area contributed by atoms with Gasteiger partial charge in [-0.25, -0.2) is 5.43 Å². The van der Waals surface area contributed by atoms with Gasteiger partial charge in [0.25, 0.3) is 5.91 Å². The van der Waals surface area contributed by atoms with E-state index in [2.05, 4.69) is 50.7 Å². The van der Waals surface area contributed by atoms with Crippen LogP contribution in [0.4, 0.5) is 5.69 Å². The Bertz CT molecular complexity index is 1070. The fourth-order valence-electron chi connectivity index (χ4n) is 4.06. The standard InChI is InChI=1S/C28H33N5O/c1-31(2)27-14-10-23(11-15-27)20-29-30-28(34)26-12-8-25(9-13-26)22-33-18-16-32(17-19-33)21-24-6-4-3-5-7-24/h3-15,20H,16-19,21-22H2,1-2H3,(H,30,34). The lowest BCUT2D eigenvalue weighted by atomic mass is 10.1. The van der Waals surface area contributed by atoms with E-state index in [4.69, 9.17) is 0 Å². The van der Waals surface area contributed by atoms with E-state index in [0.717, 1.165) is 50.5 Å². The number of carbonyl (C=O) groups excluding carboxylic acids is 1. The Balaban J connectivity index is 1.22. The molecule has 1 aliphatic heterocycles. The molecule has 1 amide bonds. The van der Waals surface area contributed by atoms with Crippen LogP contribution >= 0.6 is 0 Å². The topological polar surface area (TPSA) is 51.2 Å². The lowest BCUT2D eigenvalue weighted by Crippen LogP contribution is -2.45. The summed E-state index contributed by atoms with van der Waals surface area (Å²) in [6, 6.07) is 26.5. The van der Waals surface area contributed by atoms with Crippen LogP contribution in [0.25, 0.3) is 0 Å². The zero-order valence-corrected chi connectivity index (χ0v) is 20.0. The van der Waals surface area contributed by atoms with Gasteiger partial charge in [0, 0.05) is 64.6 Å². The van der Waals surface area contributed by atoms with Crippen LogP contribution in [0.2, 0.25) is 0 Å². The van der Waals surface area contributed by atoms with Gasteiger partial charge in [-0.3, -0.25) is 14.6 Å². The number of nitrogens with zero attached hydrogens (tertiary/aromatic N) is 4. The first-order valence-electron chi connectivity index (χ1n) is 11.8. The Kier molecular flexibility index (Phi) is 8.07. The molecule has 0 unspecified atom stereocenters. The number of carbonyl (C=O) groups is 1. The average Bonchev–Trinajstić information content (AvgIpc) is 2.86. The Morgan fingerprint density at radius 2 is 1.38 bits per heavy atom. The van der Waals surface area contributed by atoms with Gasteiger partial charge in [0.15, 0.2) is 0 Å². The fraction of sp³-hybridized carbons (Fsp3) is 0.286. The van der Waals surface area contributed by atoms with Crippen LogP contribution in [0.3, 0.4) is 0 Å². The van der Waals surface area contributed by atoms with Crippen molar-refractivity contribution in [2.45, 2.75) is 13.1 Å². The first-order chi connectivity index (χ1) is 16.6. The minimum absolute atomic E-state index is 0.206. The largest absolute Gasteiger partial charge is 0.378 e. The summed E-state index contributed by atoms with van der Waals surface area (Å²) < 4.78 is 0. The first kappa shape index (κ1) is 23.7. The van der Waals surface area contributed by atoms with Gasteiger partial charge in [-0.1, -0.05) is 54.6 Å². The predicted molar refractivity (Wildman–Crippen MR) is 139 cm³/mol. The highest BCUT2D eigenvalue weighted by Gasteiger charge is 2.17. The summed E-state index contributed by atoms with van der Waals surface area (Å²) in [5.41, 5.74) is 7.87.